The Hall–Kier alpha value is -1.26. The molecule has 0 saturated heterocycles. The fraction of sp³-hybridized carbons (Fsp3) is 0.400. The summed E-state index contributed by atoms with van der Waals surface area (Å²) in [6, 6.07) is 9.05. The molecule has 1 aliphatic heterocycles. The van der Waals surface area contributed by atoms with Crippen molar-refractivity contribution in [1.29, 1.82) is 0 Å². The van der Waals surface area contributed by atoms with E-state index in [1.165, 1.54) is 10.5 Å². The highest BCUT2D eigenvalue weighted by atomic mass is 32.2. The zero-order chi connectivity index (χ0) is 13.5. The number of hydrogen-bond acceptors (Lipinski definition) is 3. The van der Waals surface area contributed by atoms with Crippen LogP contribution in [0.15, 0.2) is 41.3 Å². The van der Waals surface area contributed by atoms with E-state index in [2.05, 4.69) is 42.0 Å². The molecule has 3 nitrogen and oxygen atoms in total. The van der Waals surface area contributed by atoms with Crippen molar-refractivity contribution >= 4 is 17.7 Å². The van der Waals surface area contributed by atoms with Crippen molar-refractivity contribution in [3.63, 3.8) is 0 Å². The van der Waals surface area contributed by atoms with E-state index in [1.807, 2.05) is 17.8 Å². The number of hydrazine groups is 1. The summed E-state index contributed by atoms with van der Waals surface area (Å²) < 4.78 is 0. The second kappa shape index (κ2) is 7.36. The van der Waals surface area contributed by atoms with Crippen LogP contribution < -0.4 is 10.9 Å². The lowest BCUT2D eigenvalue weighted by molar-refractivity contribution is -0.118. The molecule has 0 spiro atoms. The predicted molar refractivity (Wildman–Crippen MR) is 80.0 cm³/mol. The first-order valence-corrected chi connectivity index (χ1v) is 7.72. The molecule has 2 N–H and O–H groups in total. The highest BCUT2D eigenvalue weighted by Gasteiger charge is 2.10. The van der Waals surface area contributed by atoms with Gasteiger partial charge in [0.05, 0.1) is 0 Å². The van der Waals surface area contributed by atoms with Gasteiger partial charge in [-0.1, -0.05) is 25.1 Å². The summed E-state index contributed by atoms with van der Waals surface area (Å²) in [6.45, 7) is 2.17. The first-order valence-electron chi connectivity index (χ1n) is 6.73. The molecule has 1 aromatic rings. The van der Waals surface area contributed by atoms with Crippen LogP contribution in [-0.4, -0.2) is 17.7 Å². The van der Waals surface area contributed by atoms with E-state index >= 15 is 0 Å². The van der Waals surface area contributed by atoms with E-state index in [1.54, 1.807) is 6.08 Å². The van der Waals surface area contributed by atoms with Crippen LogP contribution >= 0.6 is 11.8 Å². The molecule has 1 atom stereocenters. The number of aryl methyl sites for hydroxylation is 1. The molecule has 0 aliphatic carbocycles. The third-order valence-corrected chi connectivity index (χ3v) is 4.22. The highest BCUT2D eigenvalue weighted by molar-refractivity contribution is 7.99. The van der Waals surface area contributed by atoms with Crippen molar-refractivity contribution < 1.29 is 4.79 Å². The van der Waals surface area contributed by atoms with Crippen molar-refractivity contribution in [3.05, 3.63) is 42.0 Å². The van der Waals surface area contributed by atoms with Crippen molar-refractivity contribution in [3.8, 4) is 0 Å². The first kappa shape index (κ1) is 14.2. The Balaban J connectivity index is 1.66. The molecular formula is C15H20N2OS. The average Bonchev–Trinajstić information content (AvgIpc) is 2.46. The fourth-order valence-electron chi connectivity index (χ4n) is 1.94. The Bertz CT molecular complexity index is 442. The van der Waals surface area contributed by atoms with Gasteiger partial charge in [-0.05, 0) is 42.7 Å². The molecule has 2 rings (SSSR count). The van der Waals surface area contributed by atoms with E-state index in [-0.39, 0.29) is 11.9 Å². The Morgan fingerprint density at radius 1 is 1.26 bits per heavy atom. The van der Waals surface area contributed by atoms with Crippen molar-refractivity contribution in [2.75, 3.05) is 5.75 Å². The van der Waals surface area contributed by atoms with Crippen molar-refractivity contribution in [2.45, 2.75) is 37.1 Å². The van der Waals surface area contributed by atoms with Gasteiger partial charge in [0.15, 0.2) is 0 Å². The fourth-order valence-corrected chi connectivity index (χ4v) is 2.82. The summed E-state index contributed by atoms with van der Waals surface area (Å²) in [6.07, 6.45) is 6.78. The molecule has 0 aromatic heterocycles. The van der Waals surface area contributed by atoms with E-state index in [4.69, 9.17) is 0 Å². The summed E-state index contributed by atoms with van der Waals surface area (Å²) in [5, 5.41) is 0. The minimum absolute atomic E-state index is 0.0679. The van der Waals surface area contributed by atoms with Crippen LogP contribution in [0.4, 0.5) is 0 Å². The maximum absolute atomic E-state index is 10.9. The van der Waals surface area contributed by atoms with Crippen LogP contribution in [0.5, 0.6) is 0 Å². The van der Waals surface area contributed by atoms with E-state index < -0.39 is 0 Å². The number of amides is 1. The minimum atomic E-state index is -0.0679. The van der Waals surface area contributed by atoms with Crippen molar-refractivity contribution in [2.24, 2.45) is 0 Å². The second-order valence-electron chi connectivity index (χ2n) is 4.59. The Morgan fingerprint density at radius 3 is 2.68 bits per heavy atom. The van der Waals surface area contributed by atoms with Gasteiger partial charge in [-0.25, -0.2) is 5.43 Å². The normalized spacial score (nSPS) is 18.4. The van der Waals surface area contributed by atoms with Crippen LogP contribution in [0.2, 0.25) is 0 Å². The lowest BCUT2D eigenvalue weighted by Crippen LogP contribution is -2.46. The van der Waals surface area contributed by atoms with E-state index in [0.717, 1.165) is 25.0 Å². The largest absolute Gasteiger partial charge is 0.287 e. The molecule has 1 unspecified atom stereocenters. The van der Waals surface area contributed by atoms with Gasteiger partial charge in [-0.3, -0.25) is 10.2 Å². The standard InChI is InChI=1S/C15H20N2OS/c1-2-12-5-8-14(9-6-12)19-11-3-4-13-7-10-15(18)17-16-13/h5-10,13,16H,2-4,11H2,1H3,(H,17,18). The van der Waals surface area contributed by atoms with Gasteiger partial charge in [0, 0.05) is 17.0 Å². The number of rotatable bonds is 6. The van der Waals surface area contributed by atoms with E-state index in [9.17, 15) is 4.79 Å². The second-order valence-corrected chi connectivity index (χ2v) is 5.76. The number of thioether (sulfide) groups is 1. The zero-order valence-corrected chi connectivity index (χ0v) is 12.0. The summed E-state index contributed by atoms with van der Waals surface area (Å²) in [5.41, 5.74) is 6.99. The van der Waals surface area contributed by atoms with Crippen LogP contribution in [-0.2, 0) is 11.2 Å². The summed E-state index contributed by atoms with van der Waals surface area (Å²) >= 11 is 1.89. The van der Waals surface area contributed by atoms with E-state index in [0.29, 0.717) is 0 Å². The van der Waals surface area contributed by atoms with Gasteiger partial charge in [-0.15, -0.1) is 11.8 Å². The van der Waals surface area contributed by atoms with Crippen molar-refractivity contribution in [1.82, 2.24) is 10.9 Å². The minimum Gasteiger partial charge on any atom is -0.287 e. The van der Waals surface area contributed by atoms with Crippen LogP contribution in [0.25, 0.3) is 0 Å². The molecule has 1 aliphatic rings. The molecule has 0 saturated carbocycles. The Kier molecular flexibility index (Phi) is 5.48. The van der Waals surface area contributed by atoms with Gasteiger partial charge in [-0.2, -0.15) is 0 Å². The topological polar surface area (TPSA) is 41.1 Å². The third-order valence-electron chi connectivity index (χ3n) is 3.12. The molecule has 0 bridgehead atoms. The quantitative estimate of drug-likeness (QED) is 0.620. The summed E-state index contributed by atoms with van der Waals surface area (Å²) in [4.78, 5) is 12.2. The number of carbonyl (C=O) groups is 1. The molecule has 102 valence electrons. The molecule has 1 aromatic carbocycles. The monoisotopic (exact) mass is 276 g/mol. The maximum Gasteiger partial charge on any atom is 0.257 e. The highest BCUT2D eigenvalue weighted by Crippen LogP contribution is 2.20. The Labute approximate surface area is 118 Å². The SMILES string of the molecule is CCc1ccc(SCCCC2C=CC(=O)NN2)cc1. The summed E-state index contributed by atoms with van der Waals surface area (Å²) in [5.74, 6) is 1.03. The van der Waals surface area contributed by atoms with Gasteiger partial charge >= 0.3 is 0 Å². The number of nitrogens with one attached hydrogen (secondary N) is 2. The average molecular weight is 276 g/mol. The number of hydrogen-bond donors (Lipinski definition) is 2. The van der Waals surface area contributed by atoms with Gasteiger partial charge in [0.1, 0.15) is 0 Å². The lowest BCUT2D eigenvalue weighted by atomic mass is 10.1. The van der Waals surface area contributed by atoms with Gasteiger partial charge in [0.2, 0.25) is 0 Å². The zero-order valence-electron chi connectivity index (χ0n) is 11.2. The van der Waals surface area contributed by atoms with Crippen LogP contribution in [0.3, 0.4) is 0 Å². The van der Waals surface area contributed by atoms with Gasteiger partial charge < -0.3 is 0 Å². The first-order chi connectivity index (χ1) is 9.28. The molecule has 1 heterocycles. The molecule has 0 fully saturated rings. The predicted octanol–water partition coefficient (Wildman–Crippen LogP) is 2.68. The third kappa shape index (κ3) is 4.73. The van der Waals surface area contributed by atoms with Crippen LogP contribution in [0, 0.1) is 0 Å². The molecule has 1 amide bonds. The lowest BCUT2D eigenvalue weighted by Gasteiger charge is -2.18. The molecule has 19 heavy (non-hydrogen) atoms. The Morgan fingerprint density at radius 2 is 2.05 bits per heavy atom. The maximum atomic E-state index is 10.9. The number of benzene rings is 1. The molecule has 0 radical (unpaired) electrons. The molecular weight excluding hydrogens is 256 g/mol. The molecule has 4 heteroatoms. The van der Waals surface area contributed by atoms with Crippen LogP contribution in [0.1, 0.15) is 25.3 Å². The summed E-state index contributed by atoms with van der Waals surface area (Å²) in [7, 11) is 0. The van der Waals surface area contributed by atoms with Gasteiger partial charge in [0.25, 0.3) is 5.91 Å². The smallest absolute Gasteiger partial charge is 0.257 e. The number of carbonyl (C=O) groups excluding carboxylic acids is 1.